The highest BCUT2D eigenvalue weighted by Crippen LogP contribution is 2.26. The molecule has 0 aromatic heterocycles. The number of carbonyl (C=O) groups excluding carboxylic acids is 1. The number of rotatable bonds is 7. The average molecular weight is 486 g/mol. The van der Waals surface area contributed by atoms with E-state index in [0.29, 0.717) is 43.5 Å². The van der Waals surface area contributed by atoms with Crippen molar-refractivity contribution >= 4 is 21.6 Å². The number of nitrogens with one attached hydrogen (secondary N) is 1. The van der Waals surface area contributed by atoms with E-state index in [-0.39, 0.29) is 16.8 Å². The molecule has 2 aliphatic heterocycles. The number of hydrogen-bond acceptors (Lipinski definition) is 5. The molecule has 2 aromatic rings. The van der Waals surface area contributed by atoms with Crippen molar-refractivity contribution in [2.45, 2.75) is 44.0 Å². The minimum atomic E-state index is -3.63. The maximum Gasteiger partial charge on any atom is 0.243 e. The first-order chi connectivity index (χ1) is 16.3. The van der Waals surface area contributed by atoms with Gasteiger partial charge in [-0.1, -0.05) is 36.4 Å². The molecule has 2 saturated heterocycles. The summed E-state index contributed by atoms with van der Waals surface area (Å²) in [6.07, 6.45) is 3.22. The van der Waals surface area contributed by atoms with Crippen LogP contribution in [0.3, 0.4) is 0 Å². The van der Waals surface area contributed by atoms with Gasteiger partial charge in [-0.25, -0.2) is 8.42 Å². The SMILES string of the molecule is Cc1ccc(NC(=O)[C@@H](C)N2CCC(Cc3ccccc3)CC2)cc1S(=O)(=O)N1CCOCC1. The van der Waals surface area contributed by atoms with Gasteiger partial charge in [0.05, 0.1) is 24.2 Å². The number of aryl methyl sites for hydroxylation is 1. The second-order valence-electron chi connectivity index (χ2n) is 9.33. The van der Waals surface area contributed by atoms with E-state index in [4.69, 9.17) is 4.74 Å². The fourth-order valence-corrected chi connectivity index (χ4v) is 6.44. The van der Waals surface area contributed by atoms with E-state index >= 15 is 0 Å². The van der Waals surface area contributed by atoms with E-state index < -0.39 is 10.0 Å². The van der Waals surface area contributed by atoms with Crippen LogP contribution >= 0.6 is 0 Å². The summed E-state index contributed by atoms with van der Waals surface area (Å²) in [5.74, 6) is 0.527. The molecule has 2 heterocycles. The standard InChI is InChI=1S/C26H35N3O4S/c1-20-8-9-24(19-25(20)34(31,32)29-14-16-33-17-15-29)27-26(30)21(2)28-12-10-23(11-13-28)18-22-6-4-3-5-7-22/h3-9,19,21,23H,10-18H2,1-2H3,(H,27,30)/t21-/m1/s1. The van der Waals surface area contributed by atoms with Crippen molar-refractivity contribution in [3.8, 4) is 0 Å². The second kappa shape index (κ2) is 11.0. The Balaban J connectivity index is 1.36. The molecule has 0 radical (unpaired) electrons. The lowest BCUT2D eigenvalue weighted by Crippen LogP contribution is -2.46. The van der Waals surface area contributed by atoms with Crippen LogP contribution in [0.5, 0.6) is 0 Å². The highest BCUT2D eigenvalue weighted by molar-refractivity contribution is 7.89. The van der Waals surface area contributed by atoms with Crippen molar-refractivity contribution in [1.82, 2.24) is 9.21 Å². The van der Waals surface area contributed by atoms with Crippen molar-refractivity contribution in [1.29, 1.82) is 0 Å². The van der Waals surface area contributed by atoms with Crippen LogP contribution < -0.4 is 5.32 Å². The number of anilines is 1. The van der Waals surface area contributed by atoms with E-state index in [1.165, 1.54) is 9.87 Å². The van der Waals surface area contributed by atoms with Gasteiger partial charge in [-0.2, -0.15) is 4.31 Å². The van der Waals surface area contributed by atoms with Crippen molar-refractivity contribution in [2.24, 2.45) is 5.92 Å². The van der Waals surface area contributed by atoms with E-state index in [2.05, 4.69) is 34.5 Å². The van der Waals surface area contributed by atoms with Gasteiger partial charge in [-0.3, -0.25) is 9.69 Å². The molecule has 1 amide bonds. The molecule has 0 saturated carbocycles. The lowest BCUT2D eigenvalue weighted by atomic mass is 9.89. The molecule has 2 aliphatic rings. The minimum Gasteiger partial charge on any atom is -0.379 e. The Morgan fingerprint density at radius 2 is 1.74 bits per heavy atom. The van der Waals surface area contributed by atoms with Gasteiger partial charge in [0, 0.05) is 18.8 Å². The summed E-state index contributed by atoms with van der Waals surface area (Å²) in [5, 5.41) is 2.94. The Hall–Kier alpha value is -2.26. The molecule has 0 bridgehead atoms. The lowest BCUT2D eigenvalue weighted by Gasteiger charge is -2.35. The van der Waals surface area contributed by atoms with E-state index in [1.54, 1.807) is 25.1 Å². The predicted octanol–water partition coefficient (Wildman–Crippen LogP) is 3.30. The number of likely N-dealkylation sites (tertiary alicyclic amines) is 1. The molecule has 0 unspecified atom stereocenters. The summed E-state index contributed by atoms with van der Waals surface area (Å²) < 4.78 is 33.0. The number of hydrogen-bond donors (Lipinski definition) is 1. The fourth-order valence-electron chi connectivity index (χ4n) is 4.79. The van der Waals surface area contributed by atoms with E-state index in [1.807, 2.05) is 13.0 Å². The Kier molecular flexibility index (Phi) is 8.03. The van der Waals surface area contributed by atoms with E-state index in [0.717, 1.165) is 32.4 Å². The van der Waals surface area contributed by atoms with Gasteiger partial charge in [-0.05, 0) is 75.4 Å². The van der Waals surface area contributed by atoms with Crippen LogP contribution in [-0.4, -0.2) is 69.0 Å². The average Bonchev–Trinajstić information content (AvgIpc) is 2.86. The molecule has 34 heavy (non-hydrogen) atoms. The summed E-state index contributed by atoms with van der Waals surface area (Å²) >= 11 is 0. The van der Waals surface area contributed by atoms with Crippen LogP contribution in [0, 0.1) is 12.8 Å². The lowest BCUT2D eigenvalue weighted by molar-refractivity contribution is -0.121. The highest BCUT2D eigenvalue weighted by Gasteiger charge is 2.29. The Morgan fingerprint density at radius 1 is 1.06 bits per heavy atom. The third-order valence-electron chi connectivity index (χ3n) is 6.99. The summed E-state index contributed by atoms with van der Waals surface area (Å²) in [7, 11) is -3.63. The Bertz CT molecular complexity index is 1080. The van der Waals surface area contributed by atoms with Gasteiger partial charge in [0.25, 0.3) is 0 Å². The van der Waals surface area contributed by atoms with Gasteiger partial charge in [0.15, 0.2) is 0 Å². The van der Waals surface area contributed by atoms with Crippen molar-refractivity contribution in [2.75, 3.05) is 44.7 Å². The number of morpholine rings is 1. The Labute approximate surface area is 203 Å². The van der Waals surface area contributed by atoms with Crippen LogP contribution in [0.4, 0.5) is 5.69 Å². The maximum atomic E-state index is 13.1. The van der Waals surface area contributed by atoms with Crippen molar-refractivity contribution in [3.63, 3.8) is 0 Å². The highest BCUT2D eigenvalue weighted by atomic mass is 32.2. The molecule has 2 aromatic carbocycles. The van der Waals surface area contributed by atoms with Gasteiger partial charge in [0.2, 0.25) is 15.9 Å². The normalized spacial score (nSPS) is 19.6. The van der Waals surface area contributed by atoms with Crippen molar-refractivity contribution in [3.05, 3.63) is 59.7 Å². The number of benzene rings is 2. The summed E-state index contributed by atoms with van der Waals surface area (Å²) in [4.78, 5) is 15.5. The molecule has 1 atom stereocenters. The monoisotopic (exact) mass is 485 g/mol. The van der Waals surface area contributed by atoms with Gasteiger partial charge in [0.1, 0.15) is 0 Å². The van der Waals surface area contributed by atoms with E-state index in [9.17, 15) is 13.2 Å². The molecule has 8 heteroatoms. The number of piperidine rings is 1. The molecule has 7 nitrogen and oxygen atoms in total. The summed E-state index contributed by atoms with van der Waals surface area (Å²) in [6, 6.07) is 15.4. The summed E-state index contributed by atoms with van der Waals surface area (Å²) in [5.41, 5.74) is 2.54. The quantitative estimate of drug-likeness (QED) is 0.651. The first-order valence-corrected chi connectivity index (χ1v) is 13.6. The molecule has 0 spiro atoms. The molecule has 1 N–H and O–H groups in total. The zero-order valence-corrected chi connectivity index (χ0v) is 20.9. The van der Waals surface area contributed by atoms with Crippen LogP contribution in [-0.2, 0) is 26.0 Å². The van der Waals surface area contributed by atoms with Crippen LogP contribution in [0.2, 0.25) is 0 Å². The third-order valence-corrected chi connectivity index (χ3v) is 9.03. The number of sulfonamides is 1. The number of nitrogens with zero attached hydrogens (tertiary/aromatic N) is 2. The van der Waals surface area contributed by atoms with Gasteiger partial charge < -0.3 is 10.1 Å². The number of amides is 1. The molecule has 0 aliphatic carbocycles. The Morgan fingerprint density at radius 3 is 2.41 bits per heavy atom. The summed E-state index contributed by atoms with van der Waals surface area (Å²) in [6.45, 7) is 6.95. The van der Waals surface area contributed by atoms with Gasteiger partial charge >= 0.3 is 0 Å². The van der Waals surface area contributed by atoms with Crippen LogP contribution in [0.1, 0.15) is 30.9 Å². The van der Waals surface area contributed by atoms with Gasteiger partial charge in [-0.15, -0.1) is 0 Å². The minimum absolute atomic E-state index is 0.111. The molecular formula is C26H35N3O4S. The van der Waals surface area contributed by atoms with Crippen molar-refractivity contribution < 1.29 is 17.9 Å². The van der Waals surface area contributed by atoms with Crippen LogP contribution in [0.25, 0.3) is 0 Å². The molecular weight excluding hydrogens is 450 g/mol. The fraction of sp³-hybridized carbons (Fsp3) is 0.500. The molecule has 4 rings (SSSR count). The van der Waals surface area contributed by atoms with Crippen LogP contribution in [0.15, 0.2) is 53.4 Å². The first-order valence-electron chi connectivity index (χ1n) is 12.1. The predicted molar refractivity (Wildman–Crippen MR) is 133 cm³/mol. The maximum absolute atomic E-state index is 13.1. The second-order valence-corrected chi connectivity index (χ2v) is 11.2. The third kappa shape index (κ3) is 5.86. The largest absolute Gasteiger partial charge is 0.379 e. The number of carbonyl (C=O) groups is 1. The topological polar surface area (TPSA) is 79.0 Å². The number of ether oxygens (including phenoxy) is 1. The zero-order chi connectivity index (χ0) is 24.1. The molecule has 184 valence electrons. The molecule has 2 fully saturated rings. The first kappa shape index (κ1) is 24.9. The zero-order valence-electron chi connectivity index (χ0n) is 20.1. The smallest absolute Gasteiger partial charge is 0.243 e.